The van der Waals surface area contributed by atoms with Crippen LogP contribution < -0.4 is 5.32 Å². The highest BCUT2D eigenvalue weighted by Crippen LogP contribution is 2.44. The van der Waals surface area contributed by atoms with Crippen LogP contribution in [0.2, 0.25) is 0 Å². The summed E-state index contributed by atoms with van der Waals surface area (Å²) in [5, 5.41) is 7.67. The van der Waals surface area contributed by atoms with Crippen molar-refractivity contribution >= 4 is 11.7 Å². The molecule has 0 saturated carbocycles. The van der Waals surface area contributed by atoms with Crippen LogP contribution in [0.5, 0.6) is 0 Å². The molecule has 1 fully saturated rings. The molecule has 166 valence electrons. The summed E-state index contributed by atoms with van der Waals surface area (Å²) in [7, 11) is 0. The lowest BCUT2D eigenvalue weighted by Gasteiger charge is -2.39. The lowest BCUT2D eigenvalue weighted by molar-refractivity contribution is -0.175. The average Bonchev–Trinajstić information content (AvgIpc) is 3.32. The Kier molecular flexibility index (Phi) is 5.39. The Bertz CT molecular complexity index is 823. The number of likely N-dealkylation sites (tertiary alicyclic amines) is 1. The maximum atomic E-state index is 13.8. The van der Waals surface area contributed by atoms with Crippen molar-refractivity contribution in [1.82, 2.24) is 14.7 Å². The molecule has 1 aromatic heterocycles. The highest BCUT2D eigenvalue weighted by atomic mass is 19.4. The molecule has 0 radical (unpaired) electrons. The SMILES string of the molecule is CC(C)(C)[C@@H]1C[C@H](C(F)(F)F)n2nc([C@H]3CCN(C(=O)[C@H]4CC=CCC4)C3)cc2N1. The normalized spacial score (nSPS) is 29.6. The van der Waals surface area contributed by atoms with Gasteiger partial charge < -0.3 is 10.2 Å². The standard InChI is InChI=1S/C22H31F3N4O/c1-21(2,3)17-12-18(22(23,24)25)29-19(26-17)11-16(27-29)15-9-10-28(13-15)20(30)14-7-5-4-6-8-14/h4-5,11,14-15,17-18,26H,6-10,12-13H2,1-3H3/t14-,15-,17-,18+/m0/s1. The number of halogens is 3. The van der Waals surface area contributed by atoms with Gasteiger partial charge >= 0.3 is 6.18 Å². The molecule has 3 heterocycles. The molecule has 2 aliphatic heterocycles. The first-order valence-corrected chi connectivity index (χ1v) is 10.9. The van der Waals surface area contributed by atoms with Gasteiger partial charge in [-0.05, 0) is 37.5 Å². The molecule has 30 heavy (non-hydrogen) atoms. The van der Waals surface area contributed by atoms with Crippen LogP contribution in [0, 0.1) is 11.3 Å². The van der Waals surface area contributed by atoms with E-state index >= 15 is 0 Å². The van der Waals surface area contributed by atoms with E-state index in [9.17, 15) is 18.0 Å². The van der Waals surface area contributed by atoms with E-state index in [0.717, 1.165) is 30.4 Å². The number of aromatic nitrogens is 2. The minimum atomic E-state index is -4.35. The van der Waals surface area contributed by atoms with Gasteiger partial charge in [0.2, 0.25) is 5.91 Å². The number of allylic oxidation sites excluding steroid dienone is 2. The molecule has 4 rings (SSSR count). The van der Waals surface area contributed by atoms with Crippen molar-refractivity contribution in [3.8, 4) is 0 Å². The molecule has 1 aromatic rings. The van der Waals surface area contributed by atoms with Crippen molar-refractivity contribution in [2.24, 2.45) is 11.3 Å². The largest absolute Gasteiger partial charge is 0.410 e. The Balaban J connectivity index is 1.52. The molecule has 8 heteroatoms. The van der Waals surface area contributed by atoms with Crippen LogP contribution in [-0.4, -0.2) is 45.9 Å². The lowest BCUT2D eigenvalue weighted by Crippen LogP contribution is -2.44. The van der Waals surface area contributed by atoms with E-state index in [2.05, 4.69) is 22.6 Å². The third-order valence-electron chi connectivity index (χ3n) is 6.79. The second-order valence-corrected chi connectivity index (χ2v) is 10.0. The van der Waals surface area contributed by atoms with Gasteiger partial charge in [-0.15, -0.1) is 0 Å². The number of anilines is 1. The average molecular weight is 425 g/mol. The van der Waals surface area contributed by atoms with Crippen LogP contribution in [0.1, 0.15) is 70.5 Å². The van der Waals surface area contributed by atoms with E-state index in [1.54, 1.807) is 6.07 Å². The molecule has 1 saturated heterocycles. The first kappa shape index (κ1) is 21.2. The van der Waals surface area contributed by atoms with Gasteiger partial charge in [-0.2, -0.15) is 18.3 Å². The van der Waals surface area contributed by atoms with Gasteiger partial charge in [0.25, 0.3) is 0 Å². The van der Waals surface area contributed by atoms with E-state index in [1.165, 1.54) is 0 Å². The van der Waals surface area contributed by atoms with Crippen molar-refractivity contribution in [3.63, 3.8) is 0 Å². The number of rotatable bonds is 2. The van der Waals surface area contributed by atoms with Gasteiger partial charge in [0, 0.05) is 37.0 Å². The zero-order valence-electron chi connectivity index (χ0n) is 17.9. The smallest absolute Gasteiger partial charge is 0.367 e. The molecule has 1 N–H and O–H groups in total. The molecule has 0 aromatic carbocycles. The summed E-state index contributed by atoms with van der Waals surface area (Å²) in [6, 6.07) is -0.152. The third kappa shape index (κ3) is 4.10. The lowest BCUT2D eigenvalue weighted by atomic mass is 9.82. The third-order valence-corrected chi connectivity index (χ3v) is 6.79. The number of carbonyl (C=O) groups is 1. The number of carbonyl (C=O) groups excluding carboxylic acids is 1. The molecular weight excluding hydrogens is 393 g/mol. The van der Waals surface area contributed by atoms with Gasteiger partial charge in [0.15, 0.2) is 6.04 Å². The highest BCUT2D eigenvalue weighted by Gasteiger charge is 2.48. The fraction of sp³-hybridized carbons (Fsp3) is 0.727. The van der Waals surface area contributed by atoms with E-state index in [0.29, 0.717) is 24.6 Å². The molecule has 0 spiro atoms. The molecule has 4 atom stereocenters. The molecule has 5 nitrogen and oxygen atoms in total. The van der Waals surface area contributed by atoms with Gasteiger partial charge in [0.1, 0.15) is 5.82 Å². The molecule has 1 amide bonds. The van der Waals surface area contributed by atoms with Crippen LogP contribution in [0.15, 0.2) is 18.2 Å². The second-order valence-electron chi connectivity index (χ2n) is 10.0. The van der Waals surface area contributed by atoms with Crippen LogP contribution in [0.3, 0.4) is 0 Å². The van der Waals surface area contributed by atoms with Crippen LogP contribution in [0.4, 0.5) is 19.0 Å². The number of nitrogens with one attached hydrogen (secondary N) is 1. The zero-order chi connectivity index (χ0) is 21.7. The Morgan fingerprint density at radius 3 is 2.60 bits per heavy atom. The monoisotopic (exact) mass is 424 g/mol. The summed E-state index contributed by atoms with van der Waals surface area (Å²) in [6.07, 6.45) is 3.12. The van der Waals surface area contributed by atoms with Crippen LogP contribution >= 0.6 is 0 Å². The first-order chi connectivity index (χ1) is 14.0. The van der Waals surface area contributed by atoms with Crippen LogP contribution in [-0.2, 0) is 4.79 Å². The molecule has 0 unspecified atom stereocenters. The van der Waals surface area contributed by atoms with Crippen molar-refractivity contribution < 1.29 is 18.0 Å². The molecule has 3 aliphatic rings. The predicted molar refractivity (Wildman–Crippen MR) is 109 cm³/mol. The van der Waals surface area contributed by atoms with Crippen LogP contribution in [0.25, 0.3) is 0 Å². The summed E-state index contributed by atoms with van der Waals surface area (Å²) < 4.78 is 42.5. The predicted octanol–water partition coefficient (Wildman–Crippen LogP) is 4.89. The van der Waals surface area contributed by atoms with Gasteiger partial charge in [-0.25, -0.2) is 4.68 Å². The zero-order valence-corrected chi connectivity index (χ0v) is 17.9. The highest BCUT2D eigenvalue weighted by molar-refractivity contribution is 5.79. The summed E-state index contributed by atoms with van der Waals surface area (Å²) in [5.41, 5.74) is 0.352. The first-order valence-electron chi connectivity index (χ1n) is 10.9. The number of nitrogens with zero attached hydrogens (tertiary/aromatic N) is 3. The fourth-order valence-corrected chi connectivity index (χ4v) is 4.84. The van der Waals surface area contributed by atoms with Gasteiger partial charge in [0.05, 0.1) is 5.69 Å². The van der Waals surface area contributed by atoms with E-state index in [4.69, 9.17) is 0 Å². The number of fused-ring (bicyclic) bond motifs is 1. The summed E-state index contributed by atoms with van der Waals surface area (Å²) in [5.74, 6) is 0.619. The summed E-state index contributed by atoms with van der Waals surface area (Å²) in [4.78, 5) is 14.7. The molecular formula is C22H31F3N4O. The fourth-order valence-electron chi connectivity index (χ4n) is 4.84. The summed E-state index contributed by atoms with van der Waals surface area (Å²) in [6.45, 7) is 7.03. The van der Waals surface area contributed by atoms with Gasteiger partial charge in [-0.3, -0.25) is 4.79 Å². The molecule has 0 bridgehead atoms. The number of hydrogen-bond donors (Lipinski definition) is 1. The number of amides is 1. The topological polar surface area (TPSA) is 50.2 Å². The van der Waals surface area contributed by atoms with Gasteiger partial charge in [-0.1, -0.05) is 32.9 Å². The van der Waals surface area contributed by atoms with Crippen molar-refractivity contribution in [1.29, 1.82) is 0 Å². The second kappa shape index (κ2) is 7.61. The van der Waals surface area contributed by atoms with E-state index in [-0.39, 0.29) is 35.6 Å². The van der Waals surface area contributed by atoms with E-state index < -0.39 is 12.2 Å². The molecule has 1 aliphatic carbocycles. The Morgan fingerprint density at radius 1 is 1.20 bits per heavy atom. The van der Waals surface area contributed by atoms with Crippen molar-refractivity contribution in [3.05, 3.63) is 23.9 Å². The Hall–Kier alpha value is -1.99. The minimum Gasteiger partial charge on any atom is -0.367 e. The minimum absolute atomic E-state index is 0.0186. The Morgan fingerprint density at radius 2 is 1.97 bits per heavy atom. The van der Waals surface area contributed by atoms with Crippen molar-refractivity contribution in [2.45, 2.75) is 77.1 Å². The maximum absolute atomic E-state index is 13.8. The summed E-state index contributed by atoms with van der Waals surface area (Å²) >= 11 is 0. The quantitative estimate of drug-likeness (QED) is 0.688. The van der Waals surface area contributed by atoms with E-state index in [1.807, 2.05) is 25.7 Å². The van der Waals surface area contributed by atoms with Crippen molar-refractivity contribution in [2.75, 3.05) is 18.4 Å². The number of alkyl halides is 3. The maximum Gasteiger partial charge on any atom is 0.410 e. The number of hydrogen-bond acceptors (Lipinski definition) is 3. The Labute approximate surface area is 175 Å².